The van der Waals surface area contributed by atoms with Crippen molar-refractivity contribution >= 4 is 5.91 Å². The minimum absolute atomic E-state index is 0.0629. The zero-order valence-corrected chi connectivity index (χ0v) is 16.0. The van der Waals surface area contributed by atoms with E-state index in [0.717, 1.165) is 31.4 Å². The third-order valence-electron chi connectivity index (χ3n) is 4.92. The highest BCUT2D eigenvalue weighted by atomic mass is 16.5. The van der Waals surface area contributed by atoms with Gasteiger partial charge in [-0.05, 0) is 68.1 Å². The lowest BCUT2D eigenvalue weighted by Gasteiger charge is -2.28. The highest BCUT2D eigenvalue weighted by molar-refractivity contribution is 5.94. The molecular formula is C23H23N3O3. The molecule has 6 nitrogen and oxygen atoms in total. The van der Waals surface area contributed by atoms with Crippen LogP contribution in [0.15, 0.2) is 73.1 Å². The van der Waals surface area contributed by atoms with E-state index in [-0.39, 0.29) is 18.1 Å². The van der Waals surface area contributed by atoms with Crippen LogP contribution in [0.25, 0.3) is 0 Å². The molecule has 0 saturated heterocycles. The van der Waals surface area contributed by atoms with Gasteiger partial charge in [0.15, 0.2) is 0 Å². The highest BCUT2D eigenvalue weighted by Crippen LogP contribution is 2.23. The van der Waals surface area contributed by atoms with Gasteiger partial charge in [0, 0.05) is 24.0 Å². The standard InChI is InChI=1S/C23H23N3O3/c27-22(17-7-11-20(12-8-17)28-19-5-2-1-3-6-19)26-18-9-13-21(14-10-18)29-23-24-15-4-16-25-23/h1-8,11-12,15-16,18,21H,9-10,13-14H2,(H,26,27). The summed E-state index contributed by atoms with van der Waals surface area (Å²) in [7, 11) is 0. The van der Waals surface area contributed by atoms with Crippen molar-refractivity contribution in [3.8, 4) is 17.5 Å². The van der Waals surface area contributed by atoms with Gasteiger partial charge in [0.1, 0.15) is 17.6 Å². The van der Waals surface area contributed by atoms with E-state index in [9.17, 15) is 4.79 Å². The van der Waals surface area contributed by atoms with Crippen molar-refractivity contribution in [2.75, 3.05) is 0 Å². The number of carbonyl (C=O) groups is 1. The molecule has 1 amide bonds. The first-order chi connectivity index (χ1) is 14.3. The zero-order valence-electron chi connectivity index (χ0n) is 16.0. The van der Waals surface area contributed by atoms with E-state index in [2.05, 4.69) is 15.3 Å². The lowest BCUT2D eigenvalue weighted by molar-refractivity contribution is 0.0885. The Morgan fingerprint density at radius 1 is 0.828 bits per heavy atom. The van der Waals surface area contributed by atoms with Gasteiger partial charge in [-0.15, -0.1) is 0 Å². The molecule has 1 saturated carbocycles. The molecule has 4 rings (SSSR count). The molecule has 6 heteroatoms. The van der Waals surface area contributed by atoms with E-state index >= 15 is 0 Å². The van der Waals surface area contributed by atoms with Crippen molar-refractivity contribution in [1.29, 1.82) is 0 Å². The number of nitrogens with one attached hydrogen (secondary N) is 1. The molecule has 3 aromatic rings. The second kappa shape index (κ2) is 9.19. The quantitative estimate of drug-likeness (QED) is 0.677. The maximum Gasteiger partial charge on any atom is 0.316 e. The first kappa shape index (κ1) is 18.9. The Morgan fingerprint density at radius 2 is 1.48 bits per heavy atom. The van der Waals surface area contributed by atoms with E-state index in [4.69, 9.17) is 9.47 Å². The number of rotatable bonds is 6. The molecule has 1 aliphatic rings. The summed E-state index contributed by atoms with van der Waals surface area (Å²) in [6, 6.07) is 19.1. The Bertz CT molecular complexity index is 909. The highest BCUT2D eigenvalue weighted by Gasteiger charge is 2.24. The molecule has 0 radical (unpaired) electrons. The fourth-order valence-electron chi connectivity index (χ4n) is 3.39. The molecule has 0 atom stereocenters. The molecule has 1 heterocycles. The van der Waals surface area contributed by atoms with E-state index in [0.29, 0.717) is 17.3 Å². The Morgan fingerprint density at radius 3 is 2.17 bits per heavy atom. The Hall–Kier alpha value is -3.41. The van der Waals surface area contributed by atoms with Gasteiger partial charge in [-0.3, -0.25) is 4.79 Å². The number of para-hydroxylation sites is 1. The molecule has 0 bridgehead atoms. The van der Waals surface area contributed by atoms with Crippen LogP contribution in [0.3, 0.4) is 0 Å². The van der Waals surface area contributed by atoms with Gasteiger partial charge in [0.05, 0.1) is 0 Å². The van der Waals surface area contributed by atoms with Gasteiger partial charge in [-0.25, -0.2) is 9.97 Å². The Labute approximate surface area is 169 Å². The van der Waals surface area contributed by atoms with Gasteiger partial charge in [0.25, 0.3) is 5.91 Å². The maximum atomic E-state index is 12.6. The lowest BCUT2D eigenvalue weighted by Crippen LogP contribution is -2.39. The summed E-state index contributed by atoms with van der Waals surface area (Å²) >= 11 is 0. The van der Waals surface area contributed by atoms with Crippen molar-refractivity contribution in [2.45, 2.75) is 37.8 Å². The number of aromatic nitrogens is 2. The molecule has 1 N–H and O–H groups in total. The molecule has 2 aromatic carbocycles. The van der Waals surface area contributed by atoms with Crippen molar-refractivity contribution in [3.63, 3.8) is 0 Å². The SMILES string of the molecule is O=C(NC1CCC(Oc2ncccn2)CC1)c1ccc(Oc2ccccc2)cc1. The summed E-state index contributed by atoms with van der Waals surface area (Å²) in [5, 5.41) is 3.12. The van der Waals surface area contributed by atoms with Crippen LogP contribution < -0.4 is 14.8 Å². The fourth-order valence-corrected chi connectivity index (χ4v) is 3.39. The second-order valence-corrected chi connectivity index (χ2v) is 7.04. The smallest absolute Gasteiger partial charge is 0.316 e. The summed E-state index contributed by atoms with van der Waals surface area (Å²) in [6.45, 7) is 0. The van der Waals surface area contributed by atoms with Crippen LogP contribution in [0.2, 0.25) is 0 Å². The van der Waals surface area contributed by atoms with Gasteiger partial charge >= 0.3 is 6.01 Å². The molecule has 148 valence electrons. The summed E-state index contributed by atoms with van der Waals surface area (Å²) < 4.78 is 11.6. The summed E-state index contributed by atoms with van der Waals surface area (Å²) in [6.07, 6.45) is 6.92. The number of benzene rings is 2. The first-order valence-corrected chi connectivity index (χ1v) is 9.84. The van der Waals surface area contributed by atoms with E-state index in [1.807, 2.05) is 42.5 Å². The van der Waals surface area contributed by atoms with Gasteiger partial charge in [-0.2, -0.15) is 0 Å². The summed E-state index contributed by atoms with van der Waals surface area (Å²) in [5.74, 6) is 1.41. The Balaban J connectivity index is 1.25. The van der Waals surface area contributed by atoms with Gasteiger partial charge in [-0.1, -0.05) is 18.2 Å². The van der Waals surface area contributed by atoms with Crippen molar-refractivity contribution in [3.05, 3.63) is 78.6 Å². The Kier molecular flexibility index (Phi) is 6.00. The predicted octanol–water partition coefficient (Wildman–Crippen LogP) is 4.39. The van der Waals surface area contributed by atoms with Crippen LogP contribution >= 0.6 is 0 Å². The monoisotopic (exact) mass is 389 g/mol. The molecular weight excluding hydrogens is 366 g/mol. The molecule has 0 aliphatic heterocycles. The summed E-state index contributed by atoms with van der Waals surface area (Å²) in [4.78, 5) is 20.8. The van der Waals surface area contributed by atoms with Crippen molar-refractivity contribution in [1.82, 2.24) is 15.3 Å². The minimum Gasteiger partial charge on any atom is -0.460 e. The van der Waals surface area contributed by atoms with E-state index < -0.39 is 0 Å². The predicted molar refractivity (Wildman–Crippen MR) is 109 cm³/mol. The molecule has 1 aromatic heterocycles. The van der Waals surface area contributed by atoms with Crippen LogP contribution in [-0.2, 0) is 0 Å². The zero-order chi connectivity index (χ0) is 19.9. The first-order valence-electron chi connectivity index (χ1n) is 9.84. The topological polar surface area (TPSA) is 73.3 Å². The second-order valence-electron chi connectivity index (χ2n) is 7.04. The molecule has 0 spiro atoms. The minimum atomic E-state index is -0.0629. The average molecular weight is 389 g/mol. The lowest BCUT2D eigenvalue weighted by atomic mass is 9.92. The number of carbonyl (C=O) groups excluding carboxylic acids is 1. The maximum absolute atomic E-state index is 12.6. The largest absolute Gasteiger partial charge is 0.460 e. The van der Waals surface area contributed by atoms with Crippen LogP contribution in [0, 0.1) is 0 Å². The molecule has 29 heavy (non-hydrogen) atoms. The number of nitrogens with zero attached hydrogens (tertiary/aromatic N) is 2. The van der Waals surface area contributed by atoms with Crippen LogP contribution in [0.5, 0.6) is 17.5 Å². The number of hydrogen-bond acceptors (Lipinski definition) is 5. The fraction of sp³-hybridized carbons (Fsp3) is 0.261. The average Bonchev–Trinajstić information content (AvgIpc) is 2.77. The van der Waals surface area contributed by atoms with Gasteiger partial charge in [0.2, 0.25) is 0 Å². The van der Waals surface area contributed by atoms with Crippen molar-refractivity contribution < 1.29 is 14.3 Å². The van der Waals surface area contributed by atoms with E-state index in [1.165, 1.54) is 0 Å². The van der Waals surface area contributed by atoms with Crippen LogP contribution in [0.1, 0.15) is 36.0 Å². The normalized spacial score (nSPS) is 18.6. The molecule has 1 fully saturated rings. The molecule has 0 unspecified atom stereocenters. The number of hydrogen-bond donors (Lipinski definition) is 1. The third kappa shape index (κ3) is 5.31. The van der Waals surface area contributed by atoms with E-state index in [1.54, 1.807) is 30.6 Å². The van der Waals surface area contributed by atoms with Crippen LogP contribution in [-0.4, -0.2) is 28.0 Å². The number of amides is 1. The van der Waals surface area contributed by atoms with Crippen LogP contribution in [0.4, 0.5) is 0 Å². The van der Waals surface area contributed by atoms with Crippen molar-refractivity contribution in [2.24, 2.45) is 0 Å². The summed E-state index contributed by atoms with van der Waals surface area (Å²) in [5.41, 5.74) is 0.626. The van der Waals surface area contributed by atoms with Gasteiger partial charge < -0.3 is 14.8 Å². The number of ether oxygens (including phenoxy) is 2. The third-order valence-corrected chi connectivity index (χ3v) is 4.92. The molecule has 1 aliphatic carbocycles.